The van der Waals surface area contributed by atoms with Crippen molar-refractivity contribution in [3.63, 3.8) is 0 Å². The van der Waals surface area contributed by atoms with Gasteiger partial charge in [0, 0.05) is 137 Å². The van der Waals surface area contributed by atoms with Crippen molar-refractivity contribution in [2.45, 2.75) is 438 Å². The Morgan fingerprint density at radius 3 is 0.563 bits per heavy atom. The maximum Gasteiger partial charge on any atom is 0.320 e. The van der Waals surface area contributed by atoms with Gasteiger partial charge in [-0.2, -0.15) is 0 Å². The van der Waals surface area contributed by atoms with Gasteiger partial charge in [-0.1, -0.05) is 44.9 Å². The number of carbonyl (C=O) groups excluding carboxylic acids is 4. The molecule has 0 aliphatic carbocycles. The van der Waals surface area contributed by atoms with Gasteiger partial charge in [0.05, 0.1) is 32.8 Å². The third-order valence-electron chi connectivity index (χ3n) is 26.1. The molecule has 13 aliphatic heterocycles. The number of likely N-dealkylation sites (tertiary alicyclic amines) is 11. The highest BCUT2D eigenvalue weighted by atomic mass is 16.5. The van der Waals surface area contributed by atoms with Crippen molar-refractivity contribution in [2.24, 2.45) is 0 Å². The van der Waals surface area contributed by atoms with E-state index in [4.69, 9.17) is 9.47 Å². The summed E-state index contributed by atoms with van der Waals surface area (Å²) in [5.74, 6) is 1.14. The monoisotopic (exact) mass is 1680 g/mol. The Bertz CT molecular complexity index is 2190. The van der Waals surface area contributed by atoms with Crippen molar-refractivity contribution >= 4 is 23.3 Å². The smallest absolute Gasteiger partial charge is 0.320 e. The van der Waals surface area contributed by atoms with E-state index >= 15 is 0 Å². The van der Waals surface area contributed by atoms with E-state index in [1.807, 2.05) is 0 Å². The highest BCUT2D eigenvalue weighted by molar-refractivity contribution is 5.82. The highest BCUT2D eigenvalue weighted by Crippen LogP contribution is 2.19. The van der Waals surface area contributed by atoms with Gasteiger partial charge < -0.3 is 53.6 Å². The first kappa shape index (κ1) is 115. The molecule has 0 aromatic rings. The van der Waals surface area contributed by atoms with Crippen LogP contribution in [0.3, 0.4) is 0 Å². The van der Waals surface area contributed by atoms with Crippen molar-refractivity contribution in [3.8, 4) is 0 Å². The minimum absolute atomic E-state index is 0.0973. The number of ketones is 3. The van der Waals surface area contributed by atoms with Crippen LogP contribution in [0.25, 0.3) is 0 Å². The predicted molar refractivity (Wildman–Crippen MR) is 513 cm³/mol. The SMILES string of the molecule is CC(C)N1CCC(=O)C1.CC(C)N1CCC1.CC(C)N1CCCC(=O)C1.CC(C)N1CCCC(=O)CC1.CC(C)N1CCCC1.CC(C)N1CCCC1.CC(C)N1CCCCC1.CC(C)N1CCCCC1.CC(C)N1CCCCC1.CC(C)N1CCCCCC1.CC(C)N1CCCCCC1.CC(C)N1CCOC(=O)C1.CC(C)N1CCOCC1. The average molecular weight is 1690 g/mol. The third kappa shape index (κ3) is 58.8. The van der Waals surface area contributed by atoms with Crippen LogP contribution in [-0.4, -0.2) is 356 Å². The van der Waals surface area contributed by atoms with Gasteiger partial charge in [0.25, 0.3) is 0 Å². The topological polar surface area (TPSA) is 129 Å². The second kappa shape index (κ2) is 70.9. The lowest BCUT2D eigenvalue weighted by Crippen LogP contribution is -2.43. The Kier molecular flexibility index (Phi) is 68.5. The number of hydrogen-bond acceptors (Lipinski definition) is 19. The first-order valence-corrected chi connectivity index (χ1v) is 50.5. The molecule has 0 aromatic carbocycles. The molecule has 0 bridgehead atoms. The number of nitrogens with zero attached hydrogens (tertiary/aromatic N) is 13. The van der Waals surface area contributed by atoms with E-state index in [2.05, 4.69) is 244 Å². The van der Waals surface area contributed by atoms with Gasteiger partial charge in [-0.05, 0) is 407 Å². The van der Waals surface area contributed by atoms with E-state index in [-0.39, 0.29) is 5.97 Å². The standard InChI is InChI=1S/C9H17NO.2C9H19N.C8H15NO.3C8H17N.C7H13NO2.C7H15NO.C7H13NO.2C7H15N.C6H13N/c1-8(2)10-6-3-4-9(11)5-7-10;2*1-9(2)10-7-5-3-4-6-8-10;1-7(2)9-5-3-4-8(10)6-9;3*1-8(2)9-6-4-3-5-7-9;1-6(2)8-3-4-10-7(9)5-8;1-7(2)8-3-5-9-6-4-8;1-6(2)8-4-3-7(9)5-8;2*1-7(2)8-5-3-4-6-8;1-6(2)7-4-3-5-7/h8H,3-7H2,1-2H3;2*9H,3-8H2,1-2H3;7H,3-6H2,1-2H3;3*8H,3-7H2,1-2H3;6H,3-5H2,1-2H3;7H,3-6H2,1-2H3;6H,3-5H2,1-2H3;2*7H,3-6H2,1-2H3;6H,3-5H2,1-2H3. The summed E-state index contributed by atoms with van der Waals surface area (Å²) >= 11 is 0. The maximum atomic E-state index is 11.0. The fraction of sp³-hybridized carbons (Fsp3) is 0.960. The number of piperidine rings is 4. The third-order valence-corrected chi connectivity index (χ3v) is 26.1. The molecule has 0 spiro atoms. The zero-order valence-electron chi connectivity index (χ0n) is 84.1. The molecule has 19 nitrogen and oxygen atoms in total. The molecule has 13 heterocycles. The van der Waals surface area contributed by atoms with E-state index in [0.717, 1.165) is 146 Å². The molecule has 0 radical (unpaired) electrons. The van der Waals surface area contributed by atoms with Gasteiger partial charge in [-0.15, -0.1) is 0 Å². The van der Waals surface area contributed by atoms with Gasteiger partial charge in [0.15, 0.2) is 0 Å². The summed E-state index contributed by atoms with van der Waals surface area (Å²) in [7, 11) is 0. The summed E-state index contributed by atoms with van der Waals surface area (Å²) < 4.78 is 9.99. The van der Waals surface area contributed by atoms with Crippen molar-refractivity contribution in [2.75, 3.05) is 190 Å². The quantitative estimate of drug-likeness (QED) is 0.162. The molecule has 13 rings (SSSR count). The molecule has 0 N–H and O–H groups in total. The highest BCUT2D eigenvalue weighted by Gasteiger charge is 2.25. The molecule has 0 aromatic heterocycles. The first-order valence-electron chi connectivity index (χ1n) is 50.5. The number of rotatable bonds is 13. The Morgan fingerprint density at radius 1 is 0.168 bits per heavy atom. The Hall–Kier alpha value is -2.08. The van der Waals surface area contributed by atoms with Crippen LogP contribution in [0, 0.1) is 0 Å². The van der Waals surface area contributed by atoms with E-state index < -0.39 is 0 Å². The van der Waals surface area contributed by atoms with E-state index in [9.17, 15) is 19.2 Å². The summed E-state index contributed by atoms with van der Waals surface area (Å²) in [6.45, 7) is 90.7. The normalized spacial score (nSPS) is 22.6. The van der Waals surface area contributed by atoms with Crippen LogP contribution in [0.15, 0.2) is 0 Å². The molecule has 0 saturated carbocycles. The van der Waals surface area contributed by atoms with Crippen molar-refractivity contribution in [1.29, 1.82) is 0 Å². The number of hydrogen-bond donors (Lipinski definition) is 0. The molecule has 0 amide bonds. The van der Waals surface area contributed by atoms with Crippen molar-refractivity contribution in [1.82, 2.24) is 63.7 Å². The zero-order chi connectivity index (χ0) is 89.0. The fourth-order valence-corrected chi connectivity index (χ4v) is 16.9. The van der Waals surface area contributed by atoms with Crippen LogP contribution < -0.4 is 0 Å². The summed E-state index contributed by atoms with van der Waals surface area (Å²) in [5.41, 5.74) is 0. The molecule has 0 atom stereocenters. The van der Waals surface area contributed by atoms with E-state index in [1.165, 1.54) is 246 Å². The number of cyclic esters (lactones) is 1. The Labute approximate surface area is 740 Å². The first-order chi connectivity index (χ1) is 56.5. The number of Topliss-reactive ketones (excluding diaryl/α,β-unsaturated/α-hetero) is 3. The van der Waals surface area contributed by atoms with Gasteiger partial charge in [-0.3, -0.25) is 38.8 Å². The lowest BCUT2D eigenvalue weighted by molar-refractivity contribution is -0.151. The van der Waals surface area contributed by atoms with Gasteiger partial charge in [0.1, 0.15) is 24.0 Å². The number of carbonyl (C=O) groups is 4. The summed E-state index contributed by atoms with van der Waals surface area (Å²) in [6, 6.07) is 8.98. The Morgan fingerprint density at radius 2 is 0.345 bits per heavy atom. The van der Waals surface area contributed by atoms with Gasteiger partial charge >= 0.3 is 5.97 Å². The van der Waals surface area contributed by atoms with Crippen LogP contribution in [0.1, 0.15) is 360 Å². The fourth-order valence-electron chi connectivity index (χ4n) is 16.9. The minimum atomic E-state index is -0.0973. The molecular formula is C100H205N13O6. The van der Waals surface area contributed by atoms with Crippen LogP contribution in [0.5, 0.6) is 0 Å². The second-order valence-electron chi connectivity index (χ2n) is 39.9. The lowest BCUT2D eigenvalue weighted by atomic mass is 10.1. The minimum Gasteiger partial charge on any atom is -0.463 e. The molecule has 13 fully saturated rings. The van der Waals surface area contributed by atoms with Crippen molar-refractivity contribution < 1.29 is 28.7 Å². The van der Waals surface area contributed by atoms with Crippen LogP contribution in [0.2, 0.25) is 0 Å². The van der Waals surface area contributed by atoms with Crippen LogP contribution >= 0.6 is 0 Å². The maximum absolute atomic E-state index is 11.0. The molecule has 706 valence electrons. The van der Waals surface area contributed by atoms with Crippen LogP contribution in [0.4, 0.5) is 0 Å². The predicted octanol–water partition coefficient (Wildman–Crippen LogP) is 18.4. The summed E-state index contributed by atoms with van der Waals surface area (Å²) in [4.78, 5) is 75.1. The summed E-state index contributed by atoms with van der Waals surface area (Å²) in [5, 5.41) is 0. The number of ether oxygens (including phenoxy) is 2. The number of morpholine rings is 2. The Balaban J connectivity index is 0.000000645. The van der Waals surface area contributed by atoms with E-state index in [0.29, 0.717) is 73.8 Å². The molecule has 0 unspecified atom stereocenters. The second-order valence-corrected chi connectivity index (χ2v) is 39.9. The van der Waals surface area contributed by atoms with Gasteiger partial charge in [-0.25, -0.2) is 0 Å². The molecule has 19 heteroatoms. The molecule has 13 saturated heterocycles. The summed E-state index contributed by atoms with van der Waals surface area (Å²) in [6.07, 6.45) is 36.6. The molecule has 119 heavy (non-hydrogen) atoms. The zero-order valence-corrected chi connectivity index (χ0v) is 84.1. The van der Waals surface area contributed by atoms with Gasteiger partial charge in [0.2, 0.25) is 0 Å². The average Bonchev–Trinajstić information content (AvgIpc) is 1.72. The van der Waals surface area contributed by atoms with E-state index in [1.54, 1.807) is 0 Å². The number of esters is 1. The lowest BCUT2D eigenvalue weighted by Gasteiger charge is -2.34. The van der Waals surface area contributed by atoms with Crippen LogP contribution in [-0.2, 0) is 28.7 Å². The molecular weight excluding hydrogens is 1480 g/mol. The largest absolute Gasteiger partial charge is 0.463 e. The van der Waals surface area contributed by atoms with Crippen molar-refractivity contribution in [3.05, 3.63) is 0 Å². The molecule has 13 aliphatic rings.